The molecule has 4 rings (SSSR count). The number of likely N-dealkylation sites (tertiary alicyclic amines) is 1. The lowest BCUT2D eigenvalue weighted by molar-refractivity contribution is -0.137. The number of carbonyl (C=O) groups is 1. The zero-order chi connectivity index (χ0) is 25.7. The third kappa shape index (κ3) is 4.78. The first-order valence-electron chi connectivity index (χ1n) is 10.7. The van der Waals surface area contributed by atoms with Crippen LogP contribution in [0.5, 0.6) is 5.75 Å². The molecule has 1 fully saturated rings. The molecule has 2 aromatic carbocycles. The zero-order valence-corrected chi connectivity index (χ0v) is 21.0. The van der Waals surface area contributed by atoms with E-state index in [1.807, 2.05) is 0 Å². The molecule has 188 valence electrons. The summed E-state index contributed by atoms with van der Waals surface area (Å²) < 4.78 is 66.6. The number of alkyl halides is 3. The lowest BCUT2D eigenvalue weighted by Gasteiger charge is -2.17. The third-order valence-electron chi connectivity index (χ3n) is 6.30. The van der Waals surface area contributed by atoms with Crippen LogP contribution in [0.3, 0.4) is 0 Å². The van der Waals surface area contributed by atoms with Gasteiger partial charge in [-0.25, -0.2) is 13.2 Å². The molecule has 2 N–H and O–H groups in total. The molecular formula is C23H22BrF3N2O5S. The van der Waals surface area contributed by atoms with Gasteiger partial charge in [-0.2, -0.15) is 13.2 Å². The molecule has 1 saturated heterocycles. The first-order valence-corrected chi connectivity index (χ1v) is 13.1. The van der Waals surface area contributed by atoms with Crippen molar-refractivity contribution in [2.45, 2.75) is 36.2 Å². The lowest BCUT2D eigenvalue weighted by atomic mass is 10.0. The average Bonchev–Trinajstić information content (AvgIpc) is 3.38. The summed E-state index contributed by atoms with van der Waals surface area (Å²) in [7, 11) is -2.67. The van der Waals surface area contributed by atoms with Gasteiger partial charge in [0.1, 0.15) is 5.75 Å². The molecule has 0 unspecified atom stereocenters. The van der Waals surface area contributed by atoms with E-state index >= 15 is 0 Å². The summed E-state index contributed by atoms with van der Waals surface area (Å²) in [5.74, 6) is -2.22. The summed E-state index contributed by atoms with van der Waals surface area (Å²) in [6, 6.07) is 4.61. The Morgan fingerprint density at radius 2 is 1.74 bits per heavy atom. The minimum Gasteiger partial charge on any atom is -0.506 e. The number of phenols is 1. The maximum atomic E-state index is 13.1. The summed E-state index contributed by atoms with van der Waals surface area (Å²) in [6.07, 6.45) is -2.65. The maximum Gasteiger partial charge on any atom is 0.416 e. The molecule has 0 aliphatic carbocycles. The van der Waals surface area contributed by atoms with Gasteiger partial charge in [0.25, 0.3) is 0 Å². The zero-order valence-electron chi connectivity index (χ0n) is 18.6. The first-order chi connectivity index (χ1) is 16.3. The van der Waals surface area contributed by atoms with E-state index in [-0.39, 0.29) is 33.8 Å². The summed E-state index contributed by atoms with van der Waals surface area (Å²) in [6.45, 7) is 1.87. The Kier molecular flexibility index (Phi) is 6.66. The van der Waals surface area contributed by atoms with Gasteiger partial charge in [0.15, 0.2) is 9.84 Å². The number of carboxylic acids is 1. The fourth-order valence-corrected chi connectivity index (χ4v) is 6.38. The fraction of sp³-hybridized carbons (Fsp3) is 0.348. The van der Waals surface area contributed by atoms with E-state index < -0.39 is 33.3 Å². The van der Waals surface area contributed by atoms with Crippen LogP contribution >= 0.6 is 15.9 Å². The Morgan fingerprint density at radius 3 is 2.29 bits per heavy atom. The van der Waals surface area contributed by atoms with Gasteiger partial charge in [-0.3, -0.25) is 4.90 Å². The van der Waals surface area contributed by atoms with Crippen LogP contribution in [0, 0.1) is 0 Å². The van der Waals surface area contributed by atoms with Crippen molar-refractivity contribution < 1.29 is 36.6 Å². The van der Waals surface area contributed by atoms with Gasteiger partial charge in [0.05, 0.1) is 31.8 Å². The molecule has 0 amide bonds. The fourth-order valence-electron chi connectivity index (χ4n) is 4.51. The second-order valence-corrected chi connectivity index (χ2v) is 11.4. The highest BCUT2D eigenvalue weighted by atomic mass is 79.9. The van der Waals surface area contributed by atoms with Gasteiger partial charge in [0.2, 0.25) is 0 Å². The first kappa shape index (κ1) is 25.5. The number of aromatic hydroxyl groups is 1. The number of nitrogens with zero attached hydrogens (tertiary/aromatic N) is 2. The summed E-state index contributed by atoms with van der Waals surface area (Å²) in [5, 5.41) is 21.1. The predicted molar refractivity (Wildman–Crippen MR) is 126 cm³/mol. The van der Waals surface area contributed by atoms with E-state index in [9.17, 15) is 36.6 Å². The van der Waals surface area contributed by atoms with Crippen molar-refractivity contribution >= 4 is 42.6 Å². The van der Waals surface area contributed by atoms with E-state index in [4.69, 9.17) is 0 Å². The van der Waals surface area contributed by atoms with Crippen LogP contribution in [0.4, 0.5) is 13.2 Å². The SMILES string of the molecule is Cn1c(CS(=O)(=O)c2ccc(C(F)(F)F)cc2)c(C(=O)O)c2c(CN3CCCC3)c(O)c(Br)cc21. The highest BCUT2D eigenvalue weighted by molar-refractivity contribution is 9.10. The van der Waals surface area contributed by atoms with Gasteiger partial charge in [0, 0.05) is 30.2 Å². The molecule has 0 spiro atoms. The van der Waals surface area contributed by atoms with Crippen molar-refractivity contribution in [1.29, 1.82) is 0 Å². The van der Waals surface area contributed by atoms with Crippen LogP contribution in [-0.4, -0.2) is 47.2 Å². The monoisotopic (exact) mass is 574 g/mol. The Hall–Kier alpha value is -2.57. The Morgan fingerprint density at radius 1 is 1.14 bits per heavy atom. The molecule has 0 atom stereocenters. The molecule has 1 aliphatic rings. The van der Waals surface area contributed by atoms with Gasteiger partial charge >= 0.3 is 12.1 Å². The minimum atomic E-state index is -4.62. The number of halogens is 4. The molecule has 2 heterocycles. The lowest BCUT2D eigenvalue weighted by Crippen LogP contribution is -2.19. The minimum absolute atomic E-state index is 0.0347. The van der Waals surface area contributed by atoms with E-state index in [0.29, 0.717) is 27.7 Å². The van der Waals surface area contributed by atoms with E-state index in [1.165, 1.54) is 17.7 Å². The van der Waals surface area contributed by atoms with Crippen molar-refractivity contribution in [2.24, 2.45) is 7.05 Å². The topological polar surface area (TPSA) is 99.8 Å². The second-order valence-electron chi connectivity index (χ2n) is 8.53. The van der Waals surface area contributed by atoms with Crippen LogP contribution in [0.15, 0.2) is 39.7 Å². The Balaban J connectivity index is 1.85. The smallest absolute Gasteiger partial charge is 0.416 e. The van der Waals surface area contributed by atoms with Crippen LogP contribution < -0.4 is 0 Å². The number of phenolic OH excluding ortho intramolecular Hbond substituents is 1. The van der Waals surface area contributed by atoms with Crippen LogP contribution in [0.2, 0.25) is 0 Å². The van der Waals surface area contributed by atoms with Crippen LogP contribution in [0.1, 0.15) is 40.0 Å². The Bertz CT molecular complexity index is 1410. The quantitative estimate of drug-likeness (QED) is 0.433. The van der Waals surface area contributed by atoms with Gasteiger partial charge in [-0.15, -0.1) is 0 Å². The molecular weight excluding hydrogens is 553 g/mol. The van der Waals surface area contributed by atoms with E-state index in [0.717, 1.165) is 38.1 Å². The number of benzene rings is 2. The summed E-state index contributed by atoms with van der Waals surface area (Å²) in [4.78, 5) is 14.1. The molecule has 0 radical (unpaired) electrons. The number of sulfone groups is 1. The van der Waals surface area contributed by atoms with Crippen molar-refractivity contribution in [1.82, 2.24) is 9.47 Å². The molecule has 3 aromatic rings. The predicted octanol–water partition coefficient (Wildman–Crippen LogP) is 4.93. The molecule has 1 aliphatic heterocycles. The number of carboxylic acid groups (broad SMARTS) is 1. The number of hydrogen-bond donors (Lipinski definition) is 2. The maximum absolute atomic E-state index is 13.1. The number of aromatic nitrogens is 1. The number of fused-ring (bicyclic) bond motifs is 1. The largest absolute Gasteiger partial charge is 0.506 e. The number of aromatic carboxylic acids is 1. The average molecular weight is 575 g/mol. The van der Waals surface area contributed by atoms with E-state index in [1.54, 1.807) is 0 Å². The van der Waals surface area contributed by atoms with Crippen molar-refractivity contribution in [3.05, 3.63) is 57.2 Å². The highest BCUT2D eigenvalue weighted by Gasteiger charge is 2.32. The molecule has 1 aromatic heterocycles. The third-order valence-corrected chi connectivity index (χ3v) is 8.55. The van der Waals surface area contributed by atoms with Crippen LogP contribution in [-0.2, 0) is 35.4 Å². The van der Waals surface area contributed by atoms with Gasteiger partial charge in [-0.05, 0) is 72.2 Å². The highest BCUT2D eigenvalue weighted by Crippen LogP contribution is 2.41. The van der Waals surface area contributed by atoms with Gasteiger partial charge in [-0.1, -0.05) is 0 Å². The summed E-state index contributed by atoms with van der Waals surface area (Å²) >= 11 is 3.30. The standard InChI is InChI=1S/C23H22BrF3N2O5S/c1-28-17-10-16(24)21(30)15(11-29-8-2-3-9-29)19(17)20(22(31)32)18(28)12-35(33,34)14-6-4-13(5-7-14)23(25,26)27/h4-7,10,30H,2-3,8-9,11-12H2,1H3,(H,31,32). The van der Waals surface area contributed by atoms with Crippen molar-refractivity contribution in [2.75, 3.05) is 13.1 Å². The second kappa shape index (κ2) is 9.14. The molecule has 7 nitrogen and oxygen atoms in total. The summed E-state index contributed by atoms with van der Waals surface area (Å²) in [5.41, 5.74) is -0.483. The number of hydrogen-bond acceptors (Lipinski definition) is 5. The van der Waals surface area contributed by atoms with Crippen molar-refractivity contribution in [3.8, 4) is 5.75 Å². The number of rotatable bonds is 6. The molecule has 12 heteroatoms. The van der Waals surface area contributed by atoms with Gasteiger partial charge < -0.3 is 14.8 Å². The van der Waals surface area contributed by atoms with Crippen molar-refractivity contribution in [3.63, 3.8) is 0 Å². The molecule has 35 heavy (non-hydrogen) atoms. The molecule has 0 bridgehead atoms. The normalized spacial score (nSPS) is 15.2. The number of aryl methyl sites for hydroxylation is 1. The Labute approximate surface area is 207 Å². The molecule has 0 saturated carbocycles. The van der Waals surface area contributed by atoms with Crippen LogP contribution in [0.25, 0.3) is 10.9 Å². The van der Waals surface area contributed by atoms with E-state index in [2.05, 4.69) is 20.8 Å².